The lowest BCUT2D eigenvalue weighted by Gasteiger charge is -2.37. The van der Waals surface area contributed by atoms with E-state index in [4.69, 9.17) is 0 Å². The summed E-state index contributed by atoms with van der Waals surface area (Å²) in [6.07, 6.45) is 5.96. The molecule has 2 atom stereocenters. The van der Waals surface area contributed by atoms with Gasteiger partial charge in [-0.05, 0) is 38.6 Å². The molecule has 2 aliphatic heterocycles. The van der Waals surface area contributed by atoms with Crippen molar-refractivity contribution in [2.24, 2.45) is 0 Å². The van der Waals surface area contributed by atoms with E-state index < -0.39 is 0 Å². The van der Waals surface area contributed by atoms with E-state index in [1.807, 2.05) is 0 Å². The van der Waals surface area contributed by atoms with Crippen molar-refractivity contribution < 1.29 is 9.59 Å². The number of hydrogen-bond donors (Lipinski definition) is 2. The summed E-state index contributed by atoms with van der Waals surface area (Å²) in [4.78, 5) is 26.1. The van der Waals surface area contributed by atoms with Gasteiger partial charge in [-0.15, -0.1) is 0 Å². The predicted molar refractivity (Wildman–Crippen MR) is 69.1 cm³/mol. The van der Waals surface area contributed by atoms with Crippen LogP contribution in [0.15, 0.2) is 0 Å². The molecular weight excluding hydrogens is 230 g/mol. The number of carbonyl (C=O) groups excluding carboxylic acids is 2. The Morgan fingerprint density at radius 3 is 2.61 bits per heavy atom. The lowest BCUT2D eigenvalue weighted by molar-refractivity contribution is -0.144. The zero-order valence-corrected chi connectivity index (χ0v) is 11.1. The molecule has 5 heteroatoms. The summed E-state index contributed by atoms with van der Waals surface area (Å²) in [6, 6.07) is -0.344. The lowest BCUT2D eigenvalue weighted by Crippen LogP contribution is -2.57. The van der Waals surface area contributed by atoms with Crippen LogP contribution in [0.4, 0.5) is 0 Å². The van der Waals surface area contributed by atoms with Gasteiger partial charge in [-0.1, -0.05) is 6.42 Å². The van der Waals surface area contributed by atoms with Gasteiger partial charge in [-0.25, -0.2) is 0 Å². The first kappa shape index (κ1) is 13.3. The molecule has 0 radical (unpaired) electrons. The Morgan fingerprint density at radius 1 is 1.17 bits per heavy atom. The number of piperidine rings is 2. The highest BCUT2D eigenvalue weighted by Crippen LogP contribution is 2.20. The van der Waals surface area contributed by atoms with Crippen LogP contribution in [0.3, 0.4) is 0 Å². The number of likely N-dealkylation sites (tertiary alicyclic amines) is 1. The van der Waals surface area contributed by atoms with Crippen LogP contribution < -0.4 is 10.6 Å². The van der Waals surface area contributed by atoms with Crippen LogP contribution >= 0.6 is 0 Å². The Kier molecular flexibility index (Phi) is 4.58. The molecule has 2 N–H and O–H groups in total. The summed E-state index contributed by atoms with van der Waals surface area (Å²) in [5.74, 6) is 0.0851. The summed E-state index contributed by atoms with van der Waals surface area (Å²) in [5, 5.41) is 5.94. The molecule has 2 amide bonds. The number of rotatable bonds is 2. The molecule has 2 saturated heterocycles. The Morgan fingerprint density at radius 2 is 1.94 bits per heavy atom. The van der Waals surface area contributed by atoms with E-state index in [0.29, 0.717) is 0 Å². The topological polar surface area (TPSA) is 61.4 Å². The molecule has 0 aromatic heterocycles. The van der Waals surface area contributed by atoms with Gasteiger partial charge in [-0.3, -0.25) is 9.59 Å². The summed E-state index contributed by atoms with van der Waals surface area (Å²) in [7, 11) is 1.64. The van der Waals surface area contributed by atoms with Gasteiger partial charge < -0.3 is 15.5 Å². The number of nitrogens with zero attached hydrogens (tertiary/aromatic N) is 1. The van der Waals surface area contributed by atoms with Gasteiger partial charge in [0.15, 0.2) is 0 Å². The van der Waals surface area contributed by atoms with Crippen molar-refractivity contribution in [1.29, 1.82) is 0 Å². The van der Waals surface area contributed by atoms with Crippen molar-refractivity contribution in [2.75, 3.05) is 20.1 Å². The van der Waals surface area contributed by atoms with Crippen LogP contribution in [-0.2, 0) is 9.59 Å². The van der Waals surface area contributed by atoms with E-state index in [-0.39, 0.29) is 23.9 Å². The molecule has 18 heavy (non-hydrogen) atoms. The SMILES string of the molecule is CNC(=O)C1CCCCN1C(=O)[C@H]1CCCCN1. The molecule has 102 valence electrons. The molecule has 0 bridgehead atoms. The maximum Gasteiger partial charge on any atom is 0.242 e. The average molecular weight is 253 g/mol. The minimum absolute atomic E-state index is 0.0288. The number of carbonyl (C=O) groups is 2. The van der Waals surface area contributed by atoms with Crippen LogP contribution in [0.5, 0.6) is 0 Å². The molecule has 5 nitrogen and oxygen atoms in total. The van der Waals surface area contributed by atoms with Gasteiger partial charge in [0.1, 0.15) is 6.04 Å². The van der Waals surface area contributed by atoms with Crippen molar-refractivity contribution >= 4 is 11.8 Å². The predicted octanol–water partition coefficient (Wildman–Crippen LogP) is 0.256. The molecule has 2 aliphatic rings. The fourth-order valence-electron chi connectivity index (χ4n) is 2.90. The summed E-state index contributed by atoms with van der Waals surface area (Å²) < 4.78 is 0. The van der Waals surface area contributed by atoms with Gasteiger partial charge in [0, 0.05) is 13.6 Å². The minimum atomic E-state index is -0.264. The van der Waals surface area contributed by atoms with Crippen LogP contribution in [0.25, 0.3) is 0 Å². The van der Waals surface area contributed by atoms with E-state index in [1.165, 1.54) is 0 Å². The Balaban J connectivity index is 2.03. The molecule has 0 aromatic rings. The van der Waals surface area contributed by atoms with Crippen molar-refractivity contribution in [3.8, 4) is 0 Å². The second-order valence-electron chi connectivity index (χ2n) is 5.16. The average Bonchev–Trinajstić information content (AvgIpc) is 2.46. The van der Waals surface area contributed by atoms with Crippen molar-refractivity contribution in [2.45, 2.75) is 50.6 Å². The molecule has 2 rings (SSSR count). The van der Waals surface area contributed by atoms with E-state index in [1.54, 1.807) is 11.9 Å². The maximum absolute atomic E-state index is 12.5. The number of amides is 2. The molecule has 0 aromatic carbocycles. The third-order valence-electron chi connectivity index (χ3n) is 3.94. The van der Waals surface area contributed by atoms with E-state index in [0.717, 1.165) is 51.6 Å². The lowest BCUT2D eigenvalue weighted by atomic mass is 9.97. The fourth-order valence-corrected chi connectivity index (χ4v) is 2.90. The number of hydrogen-bond acceptors (Lipinski definition) is 3. The molecule has 0 spiro atoms. The molecule has 1 unspecified atom stereocenters. The maximum atomic E-state index is 12.5. The fraction of sp³-hybridized carbons (Fsp3) is 0.846. The minimum Gasteiger partial charge on any atom is -0.357 e. The van der Waals surface area contributed by atoms with Crippen LogP contribution in [0.2, 0.25) is 0 Å². The highest BCUT2D eigenvalue weighted by atomic mass is 16.2. The standard InChI is InChI=1S/C13H23N3O2/c1-14-12(17)11-7-3-5-9-16(11)13(18)10-6-2-4-8-15-10/h10-11,15H,2-9H2,1H3,(H,14,17)/t10-,11?/m1/s1. The number of nitrogens with one attached hydrogen (secondary N) is 2. The first-order valence-corrected chi connectivity index (χ1v) is 6.99. The highest BCUT2D eigenvalue weighted by molar-refractivity contribution is 5.90. The van der Waals surface area contributed by atoms with Gasteiger partial charge in [0.05, 0.1) is 6.04 Å². The van der Waals surface area contributed by atoms with E-state index in [2.05, 4.69) is 10.6 Å². The van der Waals surface area contributed by atoms with Crippen LogP contribution in [-0.4, -0.2) is 48.9 Å². The zero-order valence-electron chi connectivity index (χ0n) is 11.1. The van der Waals surface area contributed by atoms with Gasteiger partial charge in [0.25, 0.3) is 0 Å². The first-order valence-electron chi connectivity index (χ1n) is 6.99. The van der Waals surface area contributed by atoms with E-state index in [9.17, 15) is 9.59 Å². The van der Waals surface area contributed by atoms with Gasteiger partial charge in [0.2, 0.25) is 11.8 Å². The molecule has 2 fully saturated rings. The smallest absolute Gasteiger partial charge is 0.242 e. The summed E-state index contributed by atoms with van der Waals surface area (Å²) >= 11 is 0. The monoisotopic (exact) mass is 253 g/mol. The van der Waals surface area contributed by atoms with Crippen molar-refractivity contribution in [1.82, 2.24) is 15.5 Å². The number of likely N-dealkylation sites (N-methyl/N-ethyl adjacent to an activating group) is 1. The van der Waals surface area contributed by atoms with Gasteiger partial charge in [-0.2, -0.15) is 0 Å². The second-order valence-corrected chi connectivity index (χ2v) is 5.16. The molecular formula is C13H23N3O2. The third-order valence-corrected chi connectivity index (χ3v) is 3.94. The Hall–Kier alpha value is -1.10. The molecule has 0 aliphatic carbocycles. The first-order chi connectivity index (χ1) is 8.74. The third kappa shape index (κ3) is 2.83. The van der Waals surface area contributed by atoms with Crippen molar-refractivity contribution in [3.05, 3.63) is 0 Å². The summed E-state index contributed by atoms with van der Waals surface area (Å²) in [5.41, 5.74) is 0. The Bertz CT molecular complexity index is 313. The van der Waals surface area contributed by atoms with Crippen molar-refractivity contribution in [3.63, 3.8) is 0 Å². The quantitative estimate of drug-likeness (QED) is 0.742. The second kappa shape index (κ2) is 6.18. The van der Waals surface area contributed by atoms with Crippen LogP contribution in [0.1, 0.15) is 38.5 Å². The summed E-state index contributed by atoms with van der Waals surface area (Å²) in [6.45, 7) is 1.63. The van der Waals surface area contributed by atoms with E-state index >= 15 is 0 Å². The highest BCUT2D eigenvalue weighted by Gasteiger charge is 2.35. The zero-order chi connectivity index (χ0) is 13.0. The normalized spacial score (nSPS) is 28.8. The molecule has 0 saturated carbocycles. The largest absolute Gasteiger partial charge is 0.357 e. The van der Waals surface area contributed by atoms with Gasteiger partial charge >= 0.3 is 0 Å². The van der Waals surface area contributed by atoms with Crippen LogP contribution in [0, 0.1) is 0 Å². The Labute approximate surface area is 108 Å². The molecule has 2 heterocycles.